The number of rotatable bonds is 5. The highest BCUT2D eigenvalue weighted by molar-refractivity contribution is 7.12. The monoisotopic (exact) mass is 383 g/mol. The minimum absolute atomic E-state index is 0.417. The third-order valence-corrected chi connectivity index (χ3v) is 5.52. The molecule has 140 valence electrons. The van der Waals surface area contributed by atoms with Crippen molar-refractivity contribution >= 4 is 23.2 Å². The van der Waals surface area contributed by atoms with Crippen LogP contribution in [0.4, 0.5) is 0 Å². The topological polar surface area (TPSA) is 84.2 Å². The minimum Gasteiger partial charge on any atom is -0.479 e. The number of aromatic nitrogens is 2. The van der Waals surface area contributed by atoms with E-state index in [9.17, 15) is 14.7 Å². The summed E-state index contributed by atoms with van der Waals surface area (Å²) >= 11 is 1.47. The first-order valence-corrected chi connectivity index (χ1v) is 9.37. The molecular weight excluding hydrogens is 362 g/mol. The van der Waals surface area contributed by atoms with Gasteiger partial charge in [0.25, 0.3) is 5.91 Å². The van der Waals surface area contributed by atoms with Crippen molar-refractivity contribution in [3.63, 3.8) is 0 Å². The van der Waals surface area contributed by atoms with Crippen molar-refractivity contribution in [2.45, 2.75) is 33.7 Å². The molecule has 7 heteroatoms. The number of benzene rings is 1. The molecule has 0 bridgehead atoms. The molecule has 6 nitrogen and oxygen atoms in total. The van der Waals surface area contributed by atoms with E-state index in [0.29, 0.717) is 11.1 Å². The van der Waals surface area contributed by atoms with Gasteiger partial charge in [-0.05, 0) is 50.5 Å². The molecule has 2 N–H and O–H groups in total. The molecule has 0 spiro atoms. The van der Waals surface area contributed by atoms with E-state index < -0.39 is 17.9 Å². The molecule has 1 amide bonds. The number of thiazole rings is 1. The number of carbonyl (C=O) groups excluding carboxylic acids is 1. The summed E-state index contributed by atoms with van der Waals surface area (Å²) in [6, 6.07) is 6.10. The van der Waals surface area contributed by atoms with Crippen molar-refractivity contribution in [1.82, 2.24) is 14.9 Å². The fourth-order valence-electron chi connectivity index (χ4n) is 3.18. The fourth-order valence-corrected chi connectivity index (χ4v) is 3.93. The zero-order valence-corrected chi connectivity index (χ0v) is 16.4. The van der Waals surface area contributed by atoms with Crippen LogP contribution in [-0.2, 0) is 4.79 Å². The Kier molecular flexibility index (Phi) is 5.14. The Morgan fingerprint density at radius 3 is 2.59 bits per heavy atom. The number of hydrogen-bond acceptors (Lipinski definition) is 4. The highest BCUT2D eigenvalue weighted by Crippen LogP contribution is 2.25. The van der Waals surface area contributed by atoms with E-state index in [1.54, 1.807) is 24.4 Å². The Morgan fingerprint density at radius 1 is 1.22 bits per heavy atom. The highest BCUT2D eigenvalue weighted by atomic mass is 32.1. The first kappa shape index (κ1) is 18.8. The van der Waals surface area contributed by atoms with Gasteiger partial charge in [-0.3, -0.25) is 9.36 Å². The Bertz CT molecular complexity index is 1010. The molecule has 27 heavy (non-hydrogen) atoms. The molecular formula is C20H21N3O3S. The molecule has 0 fully saturated rings. The van der Waals surface area contributed by atoms with Crippen molar-refractivity contribution < 1.29 is 14.7 Å². The molecule has 2 heterocycles. The summed E-state index contributed by atoms with van der Waals surface area (Å²) in [7, 11) is 0. The summed E-state index contributed by atoms with van der Waals surface area (Å²) in [4.78, 5) is 29.0. The Morgan fingerprint density at radius 2 is 1.96 bits per heavy atom. The molecule has 0 aliphatic rings. The standard InChI is InChI=1S/C20H21N3O3S/c1-11-6-5-7-15(13(11)3)17(19(25)26)22-18(24)16-10-12(2)23(14(16)4)20-21-8-9-27-20/h5-10,17H,1-4H3,(H,22,24)(H,25,26). The predicted octanol–water partition coefficient (Wildman–Crippen LogP) is 3.72. The van der Waals surface area contributed by atoms with Crippen molar-refractivity contribution in [3.05, 3.63) is 69.5 Å². The number of aliphatic carboxylic acids is 1. The second kappa shape index (κ2) is 7.36. The van der Waals surface area contributed by atoms with Gasteiger partial charge in [-0.1, -0.05) is 18.2 Å². The van der Waals surface area contributed by atoms with Gasteiger partial charge in [0.2, 0.25) is 0 Å². The van der Waals surface area contributed by atoms with Gasteiger partial charge in [0.15, 0.2) is 11.2 Å². The quantitative estimate of drug-likeness (QED) is 0.703. The van der Waals surface area contributed by atoms with Crippen LogP contribution in [-0.4, -0.2) is 26.5 Å². The Hall–Kier alpha value is -2.93. The summed E-state index contributed by atoms with van der Waals surface area (Å²) in [6.07, 6.45) is 1.71. The van der Waals surface area contributed by atoms with Crippen LogP contribution in [0.3, 0.4) is 0 Å². The van der Waals surface area contributed by atoms with Crippen LogP contribution >= 0.6 is 11.3 Å². The lowest BCUT2D eigenvalue weighted by Gasteiger charge is -2.18. The maximum absolute atomic E-state index is 12.9. The SMILES string of the molecule is Cc1cccc(C(NC(=O)c2cc(C)n(-c3nccs3)c2C)C(=O)O)c1C. The first-order chi connectivity index (χ1) is 12.8. The van der Waals surface area contributed by atoms with Gasteiger partial charge in [-0.2, -0.15) is 0 Å². The molecule has 0 radical (unpaired) electrons. The normalized spacial score (nSPS) is 12.0. The van der Waals surface area contributed by atoms with Crippen molar-refractivity contribution in [2.24, 2.45) is 0 Å². The lowest BCUT2D eigenvalue weighted by Crippen LogP contribution is -2.34. The van der Waals surface area contributed by atoms with E-state index >= 15 is 0 Å². The molecule has 3 rings (SSSR count). The largest absolute Gasteiger partial charge is 0.479 e. The molecule has 3 aromatic rings. The van der Waals surface area contributed by atoms with E-state index in [4.69, 9.17) is 0 Å². The Labute approximate surface area is 161 Å². The summed E-state index contributed by atoms with van der Waals surface area (Å²) in [5.74, 6) is -1.51. The van der Waals surface area contributed by atoms with Gasteiger partial charge >= 0.3 is 5.97 Å². The van der Waals surface area contributed by atoms with Crippen LogP contribution < -0.4 is 5.32 Å². The van der Waals surface area contributed by atoms with Crippen molar-refractivity contribution in [1.29, 1.82) is 0 Å². The van der Waals surface area contributed by atoms with E-state index in [-0.39, 0.29) is 0 Å². The molecule has 0 aliphatic carbocycles. The second-order valence-corrected chi connectivity index (χ2v) is 7.34. The third kappa shape index (κ3) is 3.50. The molecule has 1 unspecified atom stereocenters. The highest BCUT2D eigenvalue weighted by Gasteiger charge is 2.26. The summed E-state index contributed by atoms with van der Waals surface area (Å²) in [5, 5.41) is 15.0. The molecule has 0 aliphatic heterocycles. The number of carboxylic acid groups (broad SMARTS) is 1. The maximum atomic E-state index is 12.9. The number of nitrogens with one attached hydrogen (secondary N) is 1. The van der Waals surface area contributed by atoms with Crippen LogP contribution in [0.25, 0.3) is 5.13 Å². The predicted molar refractivity (Wildman–Crippen MR) is 105 cm³/mol. The molecule has 2 aromatic heterocycles. The second-order valence-electron chi connectivity index (χ2n) is 6.47. The summed E-state index contributed by atoms with van der Waals surface area (Å²) in [6.45, 7) is 7.50. The van der Waals surface area contributed by atoms with Crippen molar-refractivity contribution in [3.8, 4) is 5.13 Å². The summed E-state index contributed by atoms with van der Waals surface area (Å²) in [5.41, 5.74) is 4.47. The van der Waals surface area contributed by atoms with Gasteiger partial charge in [0.05, 0.1) is 5.56 Å². The number of hydrogen-bond donors (Lipinski definition) is 2. The van der Waals surface area contributed by atoms with E-state index in [0.717, 1.165) is 27.6 Å². The van der Waals surface area contributed by atoms with Crippen LogP contribution in [0.15, 0.2) is 35.8 Å². The van der Waals surface area contributed by atoms with Crippen LogP contribution in [0.1, 0.15) is 44.5 Å². The summed E-state index contributed by atoms with van der Waals surface area (Å²) < 4.78 is 1.90. The average Bonchev–Trinajstić information content (AvgIpc) is 3.23. The maximum Gasteiger partial charge on any atom is 0.330 e. The van der Waals surface area contributed by atoms with Crippen LogP contribution in [0, 0.1) is 27.7 Å². The lowest BCUT2D eigenvalue weighted by molar-refractivity contribution is -0.139. The van der Waals surface area contributed by atoms with Crippen molar-refractivity contribution in [2.75, 3.05) is 0 Å². The first-order valence-electron chi connectivity index (χ1n) is 8.50. The Balaban J connectivity index is 1.95. The van der Waals surface area contributed by atoms with Gasteiger partial charge in [0, 0.05) is 23.0 Å². The smallest absolute Gasteiger partial charge is 0.330 e. The molecule has 1 aromatic carbocycles. The average molecular weight is 383 g/mol. The van der Waals surface area contributed by atoms with Gasteiger partial charge in [-0.25, -0.2) is 9.78 Å². The number of carboxylic acids is 1. The zero-order chi connectivity index (χ0) is 19.7. The van der Waals surface area contributed by atoms with Crippen LogP contribution in [0.5, 0.6) is 0 Å². The molecule has 0 saturated carbocycles. The molecule has 1 atom stereocenters. The number of amides is 1. The number of nitrogens with zero attached hydrogens (tertiary/aromatic N) is 2. The zero-order valence-electron chi connectivity index (χ0n) is 15.6. The minimum atomic E-state index is -1.11. The lowest BCUT2D eigenvalue weighted by atomic mass is 9.97. The third-order valence-electron chi connectivity index (χ3n) is 4.77. The fraction of sp³-hybridized carbons (Fsp3) is 0.250. The van der Waals surface area contributed by atoms with E-state index in [2.05, 4.69) is 10.3 Å². The van der Waals surface area contributed by atoms with Gasteiger partial charge in [0.1, 0.15) is 0 Å². The molecule has 0 saturated heterocycles. The van der Waals surface area contributed by atoms with Gasteiger partial charge in [-0.15, -0.1) is 11.3 Å². The van der Waals surface area contributed by atoms with Gasteiger partial charge < -0.3 is 10.4 Å². The number of aryl methyl sites for hydroxylation is 2. The van der Waals surface area contributed by atoms with Crippen LogP contribution in [0.2, 0.25) is 0 Å². The number of carbonyl (C=O) groups is 2. The van der Waals surface area contributed by atoms with E-state index in [1.165, 1.54) is 11.3 Å². The van der Waals surface area contributed by atoms with E-state index in [1.807, 2.05) is 43.7 Å².